The molecule has 2 aromatic carbocycles. The minimum absolute atomic E-state index is 0.175. The van der Waals surface area contributed by atoms with Gasteiger partial charge in [0.2, 0.25) is 0 Å². The number of hydrogen-bond acceptors (Lipinski definition) is 4. The lowest BCUT2D eigenvalue weighted by molar-refractivity contribution is 0.438. The van der Waals surface area contributed by atoms with Gasteiger partial charge in [0.05, 0.1) is 22.4 Å². The van der Waals surface area contributed by atoms with E-state index in [4.69, 9.17) is 28.2 Å². The van der Waals surface area contributed by atoms with Crippen molar-refractivity contribution in [1.82, 2.24) is 10.3 Å². The van der Waals surface area contributed by atoms with Gasteiger partial charge in [-0.25, -0.2) is 0 Å². The van der Waals surface area contributed by atoms with Crippen molar-refractivity contribution in [2.75, 3.05) is 22.9 Å². The summed E-state index contributed by atoms with van der Waals surface area (Å²) in [6.45, 7) is 4.38. The maximum atomic E-state index is 6.89. The second-order valence-corrected chi connectivity index (χ2v) is 10.7. The van der Waals surface area contributed by atoms with Crippen molar-refractivity contribution in [3.8, 4) is 11.3 Å². The van der Waals surface area contributed by atoms with Gasteiger partial charge in [-0.15, -0.1) is 0 Å². The number of nitrogens with zero attached hydrogens (tertiary/aromatic N) is 3. The fraction of sp³-hybridized carbons (Fsp3) is 0.267. The molecule has 0 unspecified atom stereocenters. The second kappa shape index (κ2) is 10.2. The van der Waals surface area contributed by atoms with E-state index in [2.05, 4.69) is 39.2 Å². The van der Waals surface area contributed by atoms with Crippen LogP contribution in [-0.2, 0) is 0 Å². The number of thiocarbonyl (C=S) groups is 1. The number of halogens is 1. The summed E-state index contributed by atoms with van der Waals surface area (Å²) in [4.78, 5) is 9.14. The standard InChI is InChI=1S/C30H29ClN4OS/c1-20-14-17-34(18-15-20)25-11-10-22(19-23(25)31)35-29(28(33-30(35)37)24-9-5-6-16-32-24)27-13-12-26(36-27)21-7-3-2-4-8-21/h2-13,16,19-20,28-29H,14-15,17-18H2,1H3,(H,33,37)/t28-,29-/m0/s1. The van der Waals surface area contributed by atoms with Crippen LogP contribution in [0.4, 0.5) is 11.4 Å². The smallest absolute Gasteiger partial charge is 0.174 e. The third kappa shape index (κ3) is 4.72. The van der Waals surface area contributed by atoms with E-state index >= 15 is 0 Å². The number of anilines is 2. The first-order chi connectivity index (χ1) is 18.1. The second-order valence-electron chi connectivity index (χ2n) is 9.87. The van der Waals surface area contributed by atoms with E-state index < -0.39 is 0 Å². The molecule has 2 fully saturated rings. The summed E-state index contributed by atoms with van der Waals surface area (Å²) < 4.78 is 6.45. The van der Waals surface area contributed by atoms with Gasteiger partial charge in [0.1, 0.15) is 17.6 Å². The summed E-state index contributed by atoms with van der Waals surface area (Å²) in [5, 5.41) is 4.85. The van der Waals surface area contributed by atoms with E-state index in [0.717, 1.165) is 58.2 Å². The highest BCUT2D eigenvalue weighted by Gasteiger charge is 2.42. The zero-order valence-corrected chi connectivity index (χ0v) is 22.3. The average Bonchev–Trinajstić information content (AvgIpc) is 3.55. The summed E-state index contributed by atoms with van der Waals surface area (Å²) in [6, 6.07) is 26.0. The third-order valence-corrected chi connectivity index (χ3v) is 8.03. The molecule has 2 aliphatic heterocycles. The average molecular weight is 529 g/mol. The molecular formula is C30H29ClN4OS. The van der Waals surface area contributed by atoms with Crippen molar-refractivity contribution in [2.24, 2.45) is 5.92 Å². The van der Waals surface area contributed by atoms with Crippen molar-refractivity contribution in [3.63, 3.8) is 0 Å². The van der Waals surface area contributed by atoms with Gasteiger partial charge in [-0.05, 0) is 73.4 Å². The van der Waals surface area contributed by atoms with Crippen LogP contribution in [0.5, 0.6) is 0 Å². The zero-order chi connectivity index (χ0) is 25.4. The van der Waals surface area contributed by atoms with Gasteiger partial charge in [0.25, 0.3) is 0 Å². The van der Waals surface area contributed by atoms with Crippen LogP contribution in [-0.4, -0.2) is 23.2 Å². The third-order valence-electron chi connectivity index (χ3n) is 7.41. The van der Waals surface area contributed by atoms with Crippen LogP contribution in [0.2, 0.25) is 5.02 Å². The van der Waals surface area contributed by atoms with Crippen LogP contribution in [0.15, 0.2) is 89.5 Å². The molecule has 4 heterocycles. The van der Waals surface area contributed by atoms with Gasteiger partial charge in [-0.3, -0.25) is 4.98 Å². The highest BCUT2D eigenvalue weighted by Crippen LogP contribution is 2.44. The normalized spacial score (nSPS) is 20.3. The van der Waals surface area contributed by atoms with E-state index in [1.807, 2.05) is 72.9 Å². The number of furan rings is 1. The number of rotatable bonds is 5. The fourth-order valence-electron chi connectivity index (χ4n) is 5.34. The SMILES string of the molecule is CC1CCN(c2ccc(N3C(=S)N[C@@H](c4ccccn4)[C@@H]3c3ccc(-c4ccccc4)o3)cc2Cl)CC1. The molecule has 0 saturated carbocycles. The van der Waals surface area contributed by atoms with Gasteiger partial charge >= 0.3 is 0 Å². The van der Waals surface area contributed by atoms with Crippen LogP contribution >= 0.6 is 23.8 Å². The Morgan fingerprint density at radius 2 is 1.76 bits per heavy atom. The quantitative estimate of drug-likeness (QED) is 0.272. The molecule has 4 aromatic rings. The van der Waals surface area contributed by atoms with Crippen LogP contribution in [0, 0.1) is 5.92 Å². The molecule has 7 heteroatoms. The molecule has 2 aromatic heterocycles. The summed E-state index contributed by atoms with van der Waals surface area (Å²) in [6.07, 6.45) is 4.19. The topological polar surface area (TPSA) is 44.5 Å². The highest BCUT2D eigenvalue weighted by atomic mass is 35.5. The Bertz CT molecular complexity index is 1390. The predicted octanol–water partition coefficient (Wildman–Crippen LogP) is 7.41. The molecule has 0 bridgehead atoms. The Morgan fingerprint density at radius 1 is 0.973 bits per heavy atom. The lowest BCUT2D eigenvalue weighted by Crippen LogP contribution is -2.33. The molecule has 188 valence electrons. The zero-order valence-electron chi connectivity index (χ0n) is 20.7. The Hall–Kier alpha value is -3.35. The van der Waals surface area contributed by atoms with Gasteiger partial charge in [0.15, 0.2) is 5.11 Å². The Kier molecular flexibility index (Phi) is 6.61. The molecule has 2 aliphatic rings. The van der Waals surface area contributed by atoms with Crippen LogP contribution in [0.3, 0.4) is 0 Å². The predicted molar refractivity (Wildman–Crippen MR) is 154 cm³/mol. The Balaban J connectivity index is 1.38. The fourth-order valence-corrected chi connectivity index (χ4v) is 5.98. The summed E-state index contributed by atoms with van der Waals surface area (Å²) in [5.74, 6) is 2.40. The molecule has 0 aliphatic carbocycles. The molecule has 1 N–H and O–H groups in total. The minimum Gasteiger partial charge on any atom is -0.459 e. The number of benzene rings is 2. The van der Waals surface area contributed by atoms with Gasteiger partial charge in [-0.1, -0.05) is 54.9 Å². The van der Waals surface area contributed by atoms with Crippen molar-refractivity contribution < 1.29 is 4.42 Å². The highest BCUT2D eigenvalue weighted by molar-refractivity contribution is 7.80. The van der Waals surface area contributed by atoms with Crippen molar-refractivity contribution in [1.29, 1.82) is 0 Å². The molecular weight excluding hydrogens is 500 g/mol. The van der Waals surface area contributed by atoms with E-state index in [1.54, 1.807) is 0 Å². The van der Waals surface area contributed by atoms with Crippen molar-refractivity contribution >= 4 is 40.3 Å². The number of piperidine rings is 1. The van der Waals surface area contributed by atoms with Crippen molar-refractivity contribution in [3.05, 3.63) is 102 Å². The largest absolute Gasteiger partial charge is 0.459 e. The molecule has 0 amide bonds. The maximum absolute atomic E-state index is 6.89. The Morgan fingerprint density at radius 3 is 2.49 bits per heavy atom. The van der Waals surface area contributed by atoms with E-state index in [-0.39, 0.29) is 12.1 Å². The summed E-state index contributed by atoms with van der Waals surface area (Å²) >= 11 is 12.8. The first kappa shape index (κ1) is 24.0. The molecule has 0 radical (unpaired) electrons. The number of hydrogen-bond donors (Lipinski definition) is 1. The molecule has 2 saturated heterocycles. The lowest BCUT2D eigenvalue weighted by Gasteiger charge is -2.33. The number of nitrogens with one attached hydrogen (secondary N) is 1. The minimum atomic E-state index is -0.224. The van der Waals surface area contributed by atoms with Crippen LogP contribution < -0.4 is 15.1 Å². The summed E-state index contributed by atoms with van der Waals surface area (Å²) in [5.41, 5.74) is 3.95. The van der Waals surface area contributed by atoms with Crippen LogP contribution in [0.25, 0.3) is 11.3 Å². The van der Waals surface area contributed by atoms with E-state index in [0.29, 0.717) is 5.11 Å². The molecule has 2 atom stereocenters. The number of aromatic nitrogens is 1. The van der Waals surface area contributed by atoms with Gasteiger partial charge < -0.3 is 19.5 Å². The Labute approximate surface area is 228 Å². The molecule has 6 rings (SSSR count). The first-order valence-electron chi connectivity index (χ1n) is 12.8. The van der Waals surface area contributed by atoms with Gasteiger partial charge in [-0.2, -0.15) is 0 Å². The number of pyridine rings is 1. The van der Waals surface area contributed by atoms with Crippen molar-refractivity contribution in [2.45, 2.75) is 31.8 Å². The van der Waals surface area contributed by atoms with Crippen LogP contribution in [0.1, 0.15) is 43.3 Å². The maximum Gasteiger partial charge on any atom is 0.174 e. The lowest BCUT2D eigenvalue weighted by atomic mass is 9.98. The van der Waals surface area contributed by atoms with E-state index in [9.17, 15) is 0 Å². The molecule has 0 spiro atoms. The molecule has 5 nitrogen and oxygen atoms in total. The monoisotopic (exact) mass is 528 g/mol. The first-order valence-corrected chi connectivity index (χ1v) is 13.6. The van der Waals surface area contributed by atoms with E-state index in [1.165, 1.54) is 12.8 Å². The molecule has 37 heavy (non-hydrogen) atoms. The van der Waals surface area contributed by atoms with Gasteiger partial charge in [0, 0.05) is 30.5 Å². The summed E-state index contributed by atoms with van der Waals surface area (Å²) in [7, 11) is 0.